The van der Waals surface area contributed by atoms with Gasteiger partial charge in [-0.25, -0.2) is 4.39 Å². The van der Waals surface area contributed by atoms with E-state index in [9.17, 15) is 9.18 Å². The number of ether oxygens (including phenoxy) is 2. The summed E-state index contributed by atoms with van der Waals surface area (Å²) in [7, 11) is 0. The van der Waals surface area contributed by atoms with Crippen LogP contribution in [-0.2, 0) is 9.53 Å². The molecule has 2 aromatic rings. The van der Waals surface area contributed by atoms with Gasteiger partial charge in [0.2, 0.25) is 0 Å². The summed E-state index contributed by atoms with van der Waals surface area (Å²) in [6, 6.07) is 13.7. The number of hydrogen-bond acceptors (Lipinski definition) is 4. The highest BCUT2D eigenvalue weighted by atomic mass is 19.1. The third kappa shape index (κ3) is 4.52. The number of para-hydroxylation sites is 1. The Kier molecular flexibility index (Phi) is 6.07. The lowest BCUT2D eigenvalue weighted by atomic mass is 10.2. The average molecular weight is 358 g/mol. The number of nitrogens with zero attached hydrogens (tertiary/aromatic N) is 1. The lowest BCUT2D eigenvalue weighted by Gasteiger charge is -2.29. The van der Waals surface area contributed by atoms with Crippen LogP contribution in [0.4, 0.5) is 15.8 Å². The second-order valence-corrected chi connectivity index (χ2v) is 6.08. The first-order valence-corrected chi connectivity index (χ1v) is 8.82. The molecular formula is C20H23FN2O3. The molecule has 3 rings (SSSR count). The summed E-state index contributed by atoms with van der Waals surface area (Å²) < 4.78 is 24.6. The van der Waals surface area contributed by atoms with E-state index in [-0.39, 0.29) is 11.7 Å². The number of anilines is 2. The van der Waals surface area contributed by atoms with Crippen LogP contribution < -0.4 is 15.0 Å². The monoisotopic (exact) mass is 358 g/mol. The van der Waals surface area contributed by atoms with Gasteiger partial charge < -0.3 is 19.7 Å². The van der Waals surface area contributed by atoms with Crippen molar-refractivity contribution < 1.29 is 18.7 Å². The molecule has 1 aliphatic heterocycles. The van der Waals surface area contributed by atoms with Crippen molar-refractivity contribution in [2.24, 2.45) is 0 Å². The van der Waals surface area contributed by atoms with Gasteiger partial charge in [0.05, 0.1) is 13.2 Å². The molecule has 1 aliphatic rings. The molecule has 1 fully saturated rings. The number of morpholine rings is 1. The largest absolute Gasteiger partial charge is 0.478 e. The predicted octanol–water partition coefficient (Wildman–Crippen LogP) is 3.46. The van der Waals surface area contributed by atoms with Gasteiger partial charge in [0, 0.05) is 24.5 Å². The zero-order chi connectivity index (χ0) is 18.4. The van der Waals surface area contributed by atoms with E-state index in [4.69, 9.17) is 9.47 Å². The van der Waals surface area contributed by atoms with E-state index in [0.29, 0.717) is 12.1 Å². The molecule has 1 N–H and O–H groups in total. The number of nitrogens with one attached hydrogen (secondary N) is 1. The first-order valence-electron chi connectivity index (χ1n) is 8.82. The predicted molar refractivity (Wildman–Crippen MR) is 99.2 cm³/mol. The van der Waals surface area contributed by atoms with Gasteiger partial charge >= 0.3 is 0 Å². The first kappa shape index (κ1) is 18.2. The molecule has 0 aromatic heterocycles. The second kappa shape index (κ2) is 8.67. The minimum Gasteiger partial charge on any atom is -0.478 e. The standard InChI is InChI=1S/C20H23FN2O3/c1-2-18(26-19-6-4-3-5-17(19)21)20(24)22-15-7-9-16(10-8-15)23-11-13-25-14-12-23/h3-10,18H,2,11-14H2,1H3,(H,22,24). The topological polar surface area (TPSA) is 50.8 Å². The molecule has 0 spiro atoms. The quantitative estimate of drug-likeness (QED) is 0.859. The molecule has 0 radical (unpaired) electrons. The summed E-state index contributed by atoms with van der Waals surface area (Å²) in [5.41, 5.74) is 1.78. The Morgan fingerprint density at radius 2 is 1.88 bits per heavy atom. The normalized spacial score (nSPS) is 15.4. The summed E-state index contributed by atoms with van der Waals surface area (Å²) >= 11 is 0. The number of carbonyl (C=O) groups is 1. The van der Waals surface area contributed by atoms with Gasteiger partial charge in [-0.05, 0) is 42.8 Å². The van der Waals surface area contributed by atoms with Gasteiger partial charge in [-0.2, -0.15) is 0 Å². The highest BCUT2D eigenvalue weighted by molar-refractivity contribution is 5.94. The average Bonchev–Trinajstić information content (AvgIpc) is 2.68. The van der Waals surface area contributed by atoms with E-state index in [0.717, 1.165) is 32.0 Å². The van der Waals surface area contributed by atoms with E-state index < -0.39 is 11.9 Å². The summed E-state index contributed by atoms with van der Waals surface area (Å²) in [6.07, 6.45) is -0.322. The zero-order valence-electron chi connectivity index (χ0n) is 14.8. The van der Waals surface area contributed by atoms with Crippen molar-refractivity contribution in [3.8, 4) is 5.75 Å². The van der Waals surface area contributed by atoms with Gasteiger partial charge in [0.25, 0.3) is 5.91 Å². The molecule has 0 saturated carbocycles. The fourth-order valence-corrected chi connectivity index (χ4v) is 2.82. The van der Waals surface area contributed by atoms with Crippen LogP contribution in [0.5, 0.6) is 5.75 Å². The number of amides is 1. The molecule has 1 atom stereocenters. The summed E-state index contributed by atoms with van der Waals surface area (Å²) in [5, 5.41) is 2.83. The molecule has 1 unspecified atom stereocenters. The van der Waals surface area contributed by atoms with Crippen LogP contribution in [0.15, 0.2) is 48.5 Å². The number of benzene rings is 2. The number of hydrogen-bond donors (Lipinski definition) is 1. The molecule has 1 saturated heterocycles. The molecule has 1 heterocycles. The highest BCUT2D eigenvalue weighted by Gasteiger charge is 2.20. The minimum atomic E-state index is -0.759. The molecule has 0 bridgehead atoms. The fraction of sp³-hybridized carbons (Fsp3) is 0.350. The summed E-state index contributed by atoms with van der Waals surface area (Å²) in [6.45, 7) is 5.00. The van der Waals surface area contributed by atoms with Crippen LogP contribution in [0, 0.1) is 5.82 Å². The van der Waals surface area contributed by atoms with Crippen molar-refractivity contribution in [2.45, 2.75) is 19.4 Å². The fourth-order valence-electron chi connectivity index (χ4n) is 2.82. The van der Waals surface area contributed by atoms with E-state index in [1.165, 1.54) is 12.1 Å². The van der Waals surface area contributed by atoms with Crippen LogP contribution in [0.25, 0.3) is 0 Å². The third-order valence-electron chi connectivity index (χ3n) is 4.28. The SMILES string of the molecule is CCC(Oc1ccccc1F)C(=O)Nc1ccc(N2CCOCC2)cc1. The van der Waals surface area contributed by atoms with Gasteiger partial charge in [0.1, 0.15) is 0 Å². The molecule has 138 valence electrons. The van der Waals surface area contributed by atoms with Crippen molar-refractivity contribution in [1.82, 2.24) is 0 Å². The number of rotatable bonds is 6. The van der Waals surface area contributed by atoms with Crippen molar-refractivity contribution >= 4 is 17.3 Å². The molecule has 2 aromatic carbocycles. The lowest BCUT2D eigenvalue weighted by molar-refractivity contribution is -0.122. The zero-order valence-corrected chi connectivity index (χ0v) is 14.8. The molecule has 26 heavy (non-hydrogen) atoms. The first-order chi connectivity index (χ1) is 12.7. The third-order valence-corrected chi connectivity index (χ3v) is 4.28. The van der Waals surface area contributed by atoms with Crippen LogP contribution in [0.3, 0.4) is 0 Å². The Labute approximate surface area is 152 Å². The Morgan fingerprint density at radius 3 is 2.54 bits per heavy atom. The Morgan fingerprint density at radius 1 is 1.19 bits per heavy atom. The Hall–Kier alpha value is -2.60. The van der Waals surface area contributed by atoms with Crippen molar-refractivity contribution in [1.29, 1.82) is 0 Å². The summed E-state index contributed by atoms with van der Waals surface area (Å²) in [4.78, 5) is 14.7. The van der Waals surface area contributed by atoms with Gasteiger partial charge in [-0.1, -0.05) is 19.1 Å². The van der Waals surface area contributed by atoms with Crippen molar-refractivity contribution in [2.75, 3.05) is 36.5 Å². The molecule has 1 amide bonds. The Balaban J connectivity index is 1.61. The van der Waals surface area contributed by atoms with Crippen LogP contribution in [0.2, 0.25) is 0 Å². The van der Waals surface area contributed by atoms with E-state index in [1.807, 2.05) is 31.2 Å². The Bertz CT molecular complexity index is 730. The van der Waals surface area contributed by atoms with Crippen LogP contribution in [0.1, 0.15) is 13.3 Å². The van der Waals surface area contributed by atoms with Crippen molar-refractivity contribution in [3.05, 3.63) is 54.3 Å². The van der Waals surface area contributed by atoms with E-state index >= 15 is 0 Å². The van der Waals surface area contributed by atoms with Crippen LogP contribution >= 0.6 is 0 Å². The maximum atomic E-state index is 13.7. The smallest absolute Gasteiger partial charge is 0.265 e. The van der Waals surface area contributed by atoms with Gasteiger partial charge in [-0.15, -0.1) is 0 Å². The minimum absolute atomic E-state index is 0.0807. The van der Waals surface area contributed by atoms with Gasteiger partial charge in [-0.3, -0.25) is 4.79 Å². The maximum absolute atomic E-state index is 13.7. The van der Waals surface area contributed by atoms with Gasteiger partial charge in [0.15, 0.2) is 17.7 Å². The van der Waals surface area contributed by atoms with E-state index in [2.05, 4.69) is 10.2 Å². The molecular weight excluding hydrogens is 335 g/mol. The number of halogens is 1. The molecule has 6 heteroatoms. The molecule has 5 nitrogen and oxygen atoms in total. The second-order valence-electron chi connectivity index (χ2n) is 6.08. The lowest BCUT2D eigenvalue weighted by Crippen LogP contribution is -2.36. The van der Waals surface area contributed by atoms with Crippen molar-refractivity contribution in [3.63, 3.8) is 0 Å². The van der Waals surface area contributed by atoms with Crippen LogP contribution in [-0.4, -0.2) is 38.3 Å². The molecule has 0 aliphatic carbocycles. The summed E-state index contributed by atoms with van der Waals surface area (Å²) in [5.74, 6) is -0.694. The number of carbonyl (C=O) groups excluding carboxylic acids is 1. The van der Waals surface area contributed by atoms with E-state index in [1.54, 1.807) is 12.1 Å². The highest BCUT2D eigenvalue weighted by Crippen LogP contribution is 2.21. The maximum Gasteiger partial charge on any atom is 0.265 e.